The molecule has 0 spiro atoms. The highest BCUT2D eigenvalue weighted by Crippen LogP contribution is 2.20. The van der Waals surface area contributed by atoms with E-state index in [1.54, 1.807) is 7.05 Å². The minimum atomic E-state index is 0.0906. The molecule has 2 fully saturated rings. The van der Waals surface area contributed by atoms with Gasteiger partial charge >= 0.3 is 6.03 Å². The fourth-order valence-corrected chi connectivity index (χ4v) is 2.81. The summed E-state index contributed by atoms with van der Waals surface area (Å²) in [7, 11) is 1.72. The Bertz CT molecular complexity index is 253. The van der Waals surface area contributed by atoms with Crippen LogP contribution in [-0.2, 0) is 0 Å². The number of nitrogens with zero attached hydrogens (tertiary/aromatic N) is 2. The molecule has 0 aromatic rings. The maximum Gasteiger partial charge on any atom is 0.317 e. The molecule has 1 unspecified atom stereocenters. The number of carbonyl (C=O) groups excluding carboxylic acids is 1. The van der Waals surface area contributed by atoms with E-state index < -0.39 is 0 Å². The first-order valence-electron chi connectivity index (χ1n) is 6.72. The first-order valence-corrected chi connectivity index (χ1v) is 6.72. The molecule has 0 saturated carbocycles. The number of carbonyl (C=O) groups is 1. The van der Waals surface area contributed by atoms with Crippen LogP contribution >= 0.6 is 0 Å². The minimum Gasteiger partial charge on any atom is -0.341 e. The number of amides is 2. The molecular formula is C12H24N4O. The van der Waals surface area contributed by atoms with Crippen molar-refractivity contribution in [3.63, 3.8) is 0 Å². The number of piperazine rings is 1. The van der Waals surface area contributed by atoms with Gasteiger partial charge in [-0.25, -0.2) is 4.79 Å². The molecule has 2 amide bonds. The smallest absolute Gasteiger partial charge is 0.317 e. The van der Waals surface area contributed by atoms with Gasteiger partial charge in [-0.15, -0.1) is 0 Å². The van der Waals surface area contributed by atoms with Crippen molar-refractivity contribution in [2.24, 2.45) is 0 Å². The third-order valence-corrected chi connectivity index (χ3v) is 3.84. The first kappa shape index (κ1) is 12.6. The van der Waals surface area contributed by atoms with Gasteiger partial charge in [-0.3, -0.25) is 0 Å². The van der Waals surface area contributed by atoms with Gasteiger partial charge in [-0.1, -0.05) is 0 Å². The lowest BCUT2D eigenvalue weighted by Gasteiger charge is -2.30. The molecule has 0 aromatic heterocycles. The van der Waals surface area contributed by atoms with Gasteiger partial charge in [0.25, 0.3) is 0 Å². The molecule has 0 radical (unpaired) electrons. The zero-order chi connectivity index (χ0) is 12.1. The van der Waals surface area contributed by atoms with Crippen LogP contribution in [0.4, 0.5) is 4.79 Å². The molecule has 0 bridgehead atoms. The zero-order valence-corrected chi connectivity index (χ0v) is 10.7. The second-order valence-corrected chi connectivity index (χ2v) is 4.92. The zero-order valence-electron chi connectivity index (χ0n) is 10.7. The van der Waals surface area contributed by atoms with Gasteiger partial charge in [0.1, 0.15) is 0 Å². The second kappa shape index (κ2) is 6.21. The molecule has 98 valence electrons. The van der Waals surface area contributed by atoms with E-state index in [4.69, 9.17) is 0 Å². The molecule has 5 heteroatoms. The Morgan fingerprint density at radius 3 is 2.82 bits per heavy atom. The molecule has 2 rings (SSSR count). The van der Waals surface area contributed by atoms with Crippen molar-refractivity contribution in [3.8, 4) is 0 Å². The van der Waals surface area contributed by atoms with Crippen LogP contribution in [-0.4, -0.2) is 68.2 Å². The summed E-state index contributed by atoms with van der Waals surface area (Å²) in [6, 6.07) is 0.539. The van der Waals surface area contributed by atoms with Crippen molar-refractivity contribution in [2.45, 2.75) is 25.3 Å². The predicted molar refractivity (Wildman–Crippen MR) is 68.1 cm³/mol. The predicted octanol–water partition coefficient (Wildman–Crippen LogP) is 0.0855. The molecular weight excluding hydrogens is 216 g/mol. The van der Waals surface area contributed by atoms with Crippen molar-refractivity contribution in [3.05, 3.63) is 0 Å². The highest BCUT2D eigenvalue weighted by atomic mass is 16.2. The maximum absolute atomic E-state index is 11.7. The van der Waals surface area contributed by atoms with Gasteiger partial charge < -0.3 is 20.4 Å². The molecule has 0 aliphatic carbocycles. The normalized spacial score (nSPS) is 26.2. The van der Waals surface area contributed by atoms with Crippen molar-refractivity contribution >= 4 is 6.03 Å². The van der Waals surface area contributed by atoms with Crippen molar-refractivity contribution < 1.29 is 4.79 Å². The molecule has 1 atom stereocenters. The summed E-state index contributed by atoms with van der Waals surface area (Å²) in [6.45, 7) is 6.54. The van der Waals surface area contributed by atoms with E-state index in [0.29, 0.717) is 6.04 Å². The molecule has 2 aliphatic rings. The molecule has 17 heavy (non-hydrogen) atoms. The second-order valence-electron chi connectivity index (χ2n) is 4.92. The number of rotatable bonds is 3. The van der Waals surface area contributed by atoms with Crippen LogP contribution in [0.25, 0.3) is 0 Å². The fraction of sp³-hybridized carbons (Fsp3) is 0.917. The Morgan fingerprint density at radius 2 is 2.12 bits per heavy atom. The number of hydrogen-bond donors (Lipinski definition) is 2. The van der Waals surface area contributed by atoms with Crippen LogP contribution < -0.4 is 10.6 Å². The van der Waals surface area contributed by atoms with Gasteiger partial charge in [0.05, 0.1) is 0 Å². The SMILES string of the molecule is CNC(=O)N1CCCC1CCN1CCNCC1. The number of nitrogens with one attached hydrogen (secondary N) is 2. The molecule has 2 heterocycles. The maximum atomic E-state index is 11.7. The van der Waals surface area contributed by atoms with Crippen LogP contribution in [0, 0.1) is 0 Å². The summed E-state index contributed by atoms with van der Waals surface area (Å²) >= 11 is 0. The summed E-state index contributed by atoms with van der Waals surface area (Å²) < 4.78 is 0. The van der Waals surface area contributed by atoms with Gasteiger partial charge in [0.15, 0.2) is 0 Å². The van der Waals surface area contributed by atoms with Crippen molar-refractivity contribution in [2.75, 3.05) is 46.3 Å². The lowest BCUT2D eigenvalue weighted by Crippen LogP contribution is -2.46. The van der Waals surface area contributed by atoms with E-state index in [1.165, 1.54) is 6.42 Å². The van der Waals surface area contributed by atoms with E-state index in [0.717, 1.165) is 52.1 Å². The lowest BCUT2D eigenvalue weighted by atomic mass is 10.1. The van der Waals surface area contributed by atoms with E-state index in [9.17, 15) is 4.79 Å². The van der Waals surface area contributed by atoms with Crippen LogP contribution in [0.15, 0.2) is 0 Å². The average Bonchev–Trinajstić information content (AvgIpc) is 2.85. The number of urea groups is 1. The monoisotopic (exact) mass is 240 g/mol. The topological polar surface area (TPSA) is 47.6 Å². The van der Waals surface area contributed by atoms with Gasteiger partial charge in [0.2, 0.25) is 0 Å². The molecule has 2 saturated heterocycles. The number of likely N-dealkylation sites (tertiary alicyclic amines) is 1. The van der Waals surface area contributed by atoms with E-state index in [1.807, 2.05) is 4.90 Å². The standard InChI is InChI=1S/C12H24N4O/c1-13-12(17)16-7-2-3-11(16)4-8-15-9-5-14-6-10-15/h11,14H,2-10H2,1H3,(H,13,17). The summed E-state index contributed by atoms with van der Waals surface area (Å²) in [5, 5.41) is 6.10. The van der Waals surface area contributed by atoms with Crippen LogP contribution in [0.1, 0.15) is 19.3 Å². The van der Waals surface area contributed by atoms with E-state index in [-0.39, 0.29) is 6.03 Å². The largest absolute Gasteiger partial charge is 0.341 e. The highest BCUT2D eigenvalue weighted by Gasteiger charge is 2.28. The quantitative estimate of drug-likeness (QED) is 0.735. The number of hydrogen-bond acceptors (Lipinski definition) is 3. The Morgan fingerprint density at radius 1 is 1.35 bits per heavy atom. The average molecular weight is 240 g/mol. The highest BCUT2D eigenvalue weighted by molar-refractivity contribution is 5.74. The van der Waals surface area contributed by atoms with E-state index in [2.05, 4.69) is 15.5 Å². The fourth-order valence-electron chi connectivity index (χ4n) is 2.81. The summed E-state index contributed by atoms with van der Waals surface area (Å²) in [5.74, 6) is 0. The molecule has 2 aliphatic heterocycles. The Hall–Kier alpha value is -0.810. The van der Waals surface area contributed by atoms with Crippen LogP contribution in [0.3, 0.4) is 0 Å². The Kier molecular flexibility index (Phi) is 4.62. The lowest BCUT2D eigenvalue weighted by molar-refractivity contribution is 0.178. The Balaban J connectivity index is 1.75. The molecule has 0 aromatic carbocycles. The molecule has 2 N–H and O–H groups in total. The Labute approximate surface area is 104 Å². The van der Waals surface area contributed by atoms with Gasteiger partial charge in [-0.05, 0) is 19.3 Å². The third kappa shape index (κ3) is 3.33. The summed E-state index contributed by atoms with van der Waals surface area (Å²) in [5.41, 5.74) is 0. The van der Waals surface area contributed by atoms with Crippen molar-refractivity contribution in [1.82, 2.24) is 20.4 Å². The first-order chi connectivity index (χ1) is 8.31. The third-order valence-electron chi connectivity index (χ3n) is 3.84. The van der Waals surface area contributed by atoms with Crippen LogP contribution in [0.2, 0.25) is 0 Å². The van der Waals surface area contributed by atoms with Gasteiger partial charge in [0, 0.05) is 52.4 Å². The van der Waals surface area contributed by atoms with Gasteiger partial charge in [-0.2, -0.15) is 0 Å². The van der Waals surface area contributed by atoms with E-state index >= 15 is 0 Å². The molecule has 5 nitrogen and oxygen atoms in total. The van der Waals surface area contributed by atoms with Crippen molar-refractivity contribution in [1.29, 1.82) is 0 Å². The summed E-state index contributed by atoms with van der Waals surface area (Å²) in [6.07, 6.45) is 3.44. The summed E-state index contributed by atoms with van der Waals surface area (Å²) in [4.78, 5) is 16.2. The van der Waals surface area contributed by atoms with Crippen LogP contribution in [0.5, 0.6) is 0 Å². The minimum absolute atomic E-state index is 0.0906.